The van der Waals surface area contributed by atoms with Crippen LogP contribution in [0.25, 0.3) is 5.69 Å². The molecule has 0 aliphatic heterocycles. The van der Waals surface area contributed by atoms with Gasteiger partial charge in [0.15, 0.2) is 12.4 Å². The lowest BCUT2D eigenvalue weighted by Crippen LogP contribution is -2.16. The molecule has 0 atom stereocenters. The third kappa shape index (κ3) is 5.78. The fourth-order valence-electron chi connectivity index (χ4n) is 3.54. The van der Waals surface area contributed by atoms with Crippen molar-refractivity contribution in [2.24, 2.45) is 5.10 Å². The number of nitrogens with one attached hydrogen (secondary N) is 1. The molecule has 0 unspecified atom stereocenters. The predicted octanol–water partition coefficient (Wildman–Crippen LogP) is 4.93. The van der Waals surface area contributed by atoms with Gasteiger partial charge in [0.1, 0.15) is 29.9 Å². The molecule has 0 radical (unpaired) electrons. The van der Waals surface area contributed by atoms with Gasteiger partial charge in [-0.05, 0) is 74.5 Å². The van der Waals surface area contributed by atoms with Crippen LogP contribution in [-0.4, -0.2) is 23.3 Å². The Hall–Kier alpha value is -4.77. The maximum atomic E-state index is 12.3. The Morgan fingerprint density at radius 1 is 1.03 bits per heavy atom. The molecule has 4 rings (SSSR count). The first-order valence-electron chi connectivity index (χ1n) is 10.9. The molecule has 0 spiro atoms. The molecule has 4 aromatic rings. The number of aromatic nitrogens is 1. The Morgan fingerprint density at radius 3 is 2.51 bits per heavy atom. The number of hydrazone groups is 1. The Morgan fingerprint density at radius 2 is 1.77 bits per heavy atom. The lowest BCUT2D eigenvalue weighted by Gasteiger charge is -2.10. The second kappa shape index (κ2) is 10.9. The van der Waals surface area contributed by atoms with E-state index in [-0.39, 0.29) is 19.0 Å². The summed E-state index contributed by atoms with van der Waals surface area (Å²) in [5, 5.41) is 12.6. The summed E-state index contributed by atoms with van der Waals surface area (Å²) in [4.78, 5) is 12.3. The summed E-state index contributed by atoms with van der Waals surface area (Å²) in [5.74, 6) is 1.32. The lowest BCUT2D eigenvalue weighted by atomic mass is 10.2. The van der Waals surface area contributed by atoms with E-state index in [4.69, 9.17) is 19.2 Å². The van der Waals surface area contributed by atoms with Crippen molar-refractivity contribution < 1.29 is 18.7 Å². The molecule has 8 heteroatoms. The number of amides is 1. The van der Waals surface area contributed by atoms with Gasteiger partial charge in [-0.1, -0.05) is 12.1 Å². The molecule has 0 aliphatic carbocycles. The maximum Gasteiger partial charge on any atom is 0.307 e. The zero-order chi connectivity index (χ0) is 24.6. The van der Waals surface area contributed by atoms with Crippen LogP contribution in [0.3, 0.4) is 0 Å². The van der Waals surface area contributed by atoms with Crippen molar-refractivity contribution in [3.8, 4) is 23.3 Å². The minimum absolute atomic E-state index is 0.0783. The molecule has 35 heavy (non-hydrogen) atoms. The molecular formula is C27H24N4O4. The number of para-hydroxylation sites is 1. The van der Waals surface area contributed by atoms with Gasteiger partial charge in [0, 0.05) is 22.6 Å². The summed E-state index contributed by atoms with van der Waals surface area (Å²) in [6, 6.07) is 24.2. The largest absolute Gasteiger partial charge is 0.486 e. The van der Waals surface area contributed by atoms with E-state index in [1.807, 2.05) is 30.3 Å². The fraction of sp³-hybridized carbons (Fsp3) is 0.148. The van der Waals surface area contributed by atoms with Crippen molar-refractivity contribution in [1.82, 2.24) is 9.99 Å². The number of furan rings is 1. The average molecular weight is 469 g/mol. The molecule has 2 aromatic carbocycles. The second-order valence-electron chi connectivity index (χ2n) is 7.68. The van der Waals surface area contributed by atoms with Gasteiger partial charge in [0.25, 0.3) is 0 Å². The summed E-state index contributed by atoms with van der Waals surface area (Å²) in [5.41, 5.74) is 6.44. The molecule has 176 valence electrons. The second-order valence-corrected chi connectivity index (χ2v) is 7.68. The van der Waals surface area contributed by atoms with E-state index in [1.54, 1.807) is 36.4 Å². The molecule has 2 aromatic heterocycles. The third-order valence-corrected chi connectivity index (χ3v) is 5.21. The van der Waals surface area contributed by atoms with Gasteiger partial charge in [0.2, 0.25) is 0 Å². The molecule has 1 N–H and O–H groups in total. The molecular weight excluding hydrogens is 444 g/mol. The zero-order valence-corrected chi connectivity index (χ0v) is 19.4. The van der Waals surface area contributed by atoms with E-state index in [2.05, 4.69) is 41.1 Å². The number of hydrogen-bond acceptors (Lipinski definition) is 6. The highest BCUT2D eigenvalue weighted by Gasteiger charge is 2.11. The van der Waals surface area contributed by atoms with Crippen LogP contribution in [0.15, 0.2) is 82.3 Å². The van der Waals surface area contributed by atoms with Gasteiger partial charge < -0.3 is 18.5 Å². The number of aryl methyl sites for hydroxylation is 2. The molecule has 2 heterocycles. The van der Waals surface area contributed by atoms with Gasteiger partial charge in [-0.2, -0.15) is 10.4 Å². The number of benzene rings is 2. The van der Waals surface area contributed by atoms with Crippen LogP contribution in [0.2, 0.25) is 0 Å². The van der Waals surface area contributed by atoms with Crippen molar-refractivity contribution in [3.63, 3.8) is 0 Å². The first-order valence-corrected chi connectivity index (χ1v) is 10.9. The van der Waals surface area contributed by atoms with Gasteiger partial charge >= 0.3 is 5.91 Å². The highest BCUT2D eigenvalue weighted by atomic mass is 16.5. The summed E-state index contributed by atoms with van der Waals surface area (Å²) in [6.07, 6.45) is 1.44. The van der Waals surface area contributed by atoms with Crippen molar-refractivity contribution in [3.05, 3.63) is 101 Å². The van der Waals surface area contributed by atoms with Gasteiger partial charge in [-0.3, -0.25) is 4.79 Å². The molecule has 1 amide bonds. The molecule has 0 fully saturated rings. The quantitative estimate of drug-likeness (QED) is 0.277. The molecule has 0 bridgehead atoms. The van der Waals surface area contributed by atoms with Gasteiger partial charge in [-0.15, -0.1) is 0 Å². The van der Waals surface area contributed by atoms with Crippen molar-refractivity contribution in [2.45, 2.75) is 20.5 Å². The summed E-state index contributed by atoms with van der Waals surface area (Å²) >= 11 is 0. The summed E-state index contributed by atoms with van der Waals surface area (Å²) < 4.78 is 18.9. The Bertz CT molecular complexity index is 1360. The minimum Gasteiger partial charge on any atom is -0.486 e. The first-order chi connectivity index (χ1) is 17.0. The number of carbonyl (C=O) groups is 1. The zero-order valence-electron chi connectivity index (χ0n) is 19.4. The number of nitriles is 1. The van der Waals surface area contributed by atoms with Crippen LogP contribution in [-0.2, 0) is 6.61 Å². The van der Waals surface area contributed by atoms with Crippen LogP contribution in [0.1, 0.15) is 33.3 Å². The van der Waals surface area contributed by atoms with Crippen molar-refractivity contribution in [2.75, 3.05) is 6.61 Å². The van der Waals surface area contributed by atoms with E-state index in [0.29, 0.717) is 22.8 Å². The smallest absolute Gasteiger partial charge is 0.307 e. The van der Waals surface area contributed by atoms with Crippen LogP contribution in [0, 0.1) is 25.2 Å². The first kappa shape index (κ1) is 23.4. The fourth-order valence-corrected chi connectivity index (χ4v) is 3.54. The molecule has 0 saturated heterocycles. The number of carbonyl (C=O) groups excluding carboxylic acids is 1. The van der Waals surface area contributed by atoms with Crippen LogP contribution in [0.4, 0.5) is 0 Å². The monoisotopic (exact) mass is 468 g/mol. The van der Waals surface area contributed by atoms with Crippen LogP contribution in [0.5, 0.6) is 11.5 Å². The van der Waals surface area contributed by atoms with Crippen LogP contribution < -0.4 is 14.9 Å². The minimum atomic E-state index is -0.496. The summed E-state index contributed by atoms with van der Waals surface area (Å²) in [6.45, 7) is 4.24. The van der Waals surface area contributed by atoms with Crippen LogP contribution >= 0.6 is 0 Å². The van der Waals surface area contributed by atoms with Gasteiger partial charge in [-0.25, -0.2) is 5.43 Å². The van der Waals surface area contributed by atoms with Crippen molar-refractivity contribution >= 4 is 12.1 Å². The standard InChI is InChI=1S/C27H24N4O4/c1-19-7-8-20(2)31(19)22-9-11-23(12-10-22)34-18-24-13-14-26(35-24)27(32)30-29-17-21-5-3-4-6-25(21)33-16-15-28/h3-14,17H,16,18H2,1-2H3,(H,30,32)/b29-17+. The number of hydrogen-bond donors (Lipinski definition) is 1. The maximum absolute atomic E-state index is 12.3. The Kier molecular flexibility index (Phi) is 7.28. The lowest BCUT2D eigenvalue weighted by molar-refractivity contribution is 0.0923. The Balaban J connectivity index is 1.31. The molecule has 0 saturated carbocycles. The average Bonchev–Trinajstić information content (AvgIpc) is 3.48. The number of nitrogens with zero attached hydrogens (tertiary/aromatic N) is 3. The number of ether oxygens (including phenoxy) is 2. The highest BCUT2D eigenvalue weighted by molar-refractivity contribution is 5.92. The predicted molar refractivity (Wildman–Crippen MR) is 131 cm³/mol. The van der Waals surface area contributed by atoms with E-state index >= 15 is 0 Å². The topological polar surface area (TPSA) is 102 Å². The highest BCUT2D eigenvalue weighted by Crippen LogP contribution is 2.21. The van der Waals surface area contributed by atoms with E-state index < -0.39 is 5.91 Å². The van der Waals surface area contributed by atoms with E-state index in [9.17, 15) is 4.79 Å². The normalized spacial score (nSPS) is 10.8. The van der Waals surface area contributed by atoms with Crippen molar-refractivity contribution in [1.29, 1.82) is 5.26 Å². The Labute approximate surface area is 203 Å². The van der Waals surface area contributed by atoms with E-state index in [1.165, 1.54) is 17.6 Å². The third-order valence-electron chi connectivity index (χ3n) is 5.21. The van der Waals surface area contributed by atoms with Gasteiger partial charge in [0.05, 0.1) is 6.21 Å². The number of rotatable bonds is 9. The SMILES string of the molecule is Cc1ccc(C)n1-c1ccc(OCc2ccc(C(=O)N/N=C/c3ccccc3OCC#N)o2)cc1. The molecule has 0 aliphatic rings. The van der Waals surface area contributed by atoms with E-state index in [0.717, 1.165) is 5.69 Å². The molecule has 8 nitrogen and oxygen atoms in total. The summed E-state index contributed by atoms with van der Waals surface area (Å²) in [7, 11) is 0.